The highest BCUT2D eigenvalue weighted by atomic mass is 19.4. The Bertz CT molecular complexity index is 2560. The first-order valence-electron chi connectivity index (χ1n) is 21.8. The van der Waals surface area contributed by atoms with Gasteiger partial charge < -0.3 is 19.3 Å². The van der Waals surface area contributed by atoms with Gasteiger partial charge in [0.2, 0.25) is 17.9 Å². The summed E-state index contributed by atoms with van der Waals surface area (Å²) >= 11 is 0. The molecule has 2 amide bonds. The van der Waals surface area contributed by atoms with Gasteiger partial charge in [0.25, 0.3) is 5.70 Å². The molecule has 72 heavy (non-hydrogen) atoms. The number of benzene rings is 4. The van der Waals surface area contributed by atoms with Gasteiger partial charge in [0.15, 0.2) is 0 Å². The average Bonchev–Trinajstić information content (AvgIpc) is 3.31. The SMILES string of the molecule is CC(=O)N1C=C([N+](=O)[O-])CC[C@@]1(CO[C@H](C)c1cc(C(F)(F)F)cc(C(F)(F)F)c1)c1ccccc1.CC(=O)N1CC([N+](=O)[O-])CC[C@@]1(CO[C@H](C)c1cc(C(F)(F)F)cc(C(F)(F)F)c1)c1ccccc1. The molecule has 390 valence electrons. The van der Waals surface area contributed by atoms with Crippen LogP contribution in [0, 0.1) is 20.2 Å². The van der Waals surface area contributed by atoms with E-state index in [1.807, 2.05) is 0 Å². The molecule has 4 aromatic rings. The van der Waals surface area contributed by atoms with Crippen molar-refractivity contribution in [3.05, 3.63) is 174 Å². The molecule has 0 N–H and O–H groups in total. The van der Waals surface area contributed by atoms with E-state index >= 15 is 0 Å². The van der Waals surface area contributed by atoms with Crippen LogP contribution in [0.2, 0.25) is 0 Å². The molecule has 1 saturated heterocycles. The van der Waals surface area contributed by atoms with Crippen molar-refractivity contribution in [2.24, 2.45) is 0 Å². The Hall–Kier alpha value is -6.56. The van der Waals surface area contributed by atoms with Gasteiger partial charge in [-0.1, -0.05) is 60.7 Å². The number of hydrogen-bond donors (Lipinski definition) is 0. The number of rotatable bonds is 12. The highest BCUT2D eigenvalue weighted by molar-refractivity contribution is 5.76. The molecular formula is C48H46F12N4O8. The lowest BCUT2D eigenvalue weighted by Crippen LogP contribution is -2.59. The van der Waals surface area contributed by atoms with E-state index in [0.717, 1.165) is 11.1 Å². The quantitative estimate of drug-likeness (QED) is 0.0774. The monoisotopic (exact) mass is 1030 g/mol. The minimum atomic E-state index is -5.01. The van der Waals surface area contributed by atoms with E-state index < -0.39 is 97.9 Å². The maximum atomic E-state index is 13.3. The Labute approximate surface area is 403 Å². The smallest absolute Gasteiger partial charge is 0.371 e. The number of nitrogens with zero attached hydrogens (tertiary/aromatic N) is 4. The second-order valence-electron chi connectivity index (χ2n) is 17.3. The number of piperidine rings is 1. The molecule has 0 bridgehead atoms. The molecule has 6 rings (SSSR count). The predicted molar refractivity (Wildman–Crippen MR) is 232 cm³/mol. The van der Waals surface area contributed by atoms with E-state index in [2.05, 4.69) is 0 Å². The van der Waals surface area contributed by atoms with Crippen molar-refractivity contribution in [3.63, 3.8) is 0 Å². The minimum Gasteiger partial charge on any atom is -0.371 e. The van der Waals surface area contributed by atoms with E-state index in [4.69, 9.17) is 9.47 Å². The third-order valence-electron chi connectivity index (χ3n) is 12.5. The molecule has 0 aliphatic carbocycles. The second-order valence-corrected chi connectivity index (χ2v) is 17.3. The van der Waals surface area contributed by atoms with Gasteiger partial charge in [-0.15, -0.1) is 0 Å². The number of ether oxygens (including phenoxy) is 2. The highest BCUT2D eigenvalue weighted by Gasteiger charge is 2.49. The van der Waals surface area contributed by atoms with Crippen LogP contribution in [0.1, 0.15) is 110 Å². The van der Waals surface area contributed by atoms with E-state index in [-0.39, 0.29) is 74.4 Å². The Balaban J connectivity index is 0.000000267. The van der Waals surface area contributed by atoms with Crippen LogP contribution >= 0.6 is 0 Å². The Morgan fingerprint density at radius 2 is 1.01 bits per heavy atom. The molecule has 0 saturated carbocycles. The lowest BCUT2D eigenvalue weighted by atomic mass is 9.79. The Morgan fingerprint density at radius 3 is 1.36 bits per heavy atom. The first kappa shape index (κ1) is 56.4. The molecule has 1 unspecified atom stereocenters. The maximum absolute atomic E-state index is 13.3. The number of alkyl halides is 12. The van der Waals surface area contributed by atoms with Crippen LogP contribution < -0.4 is 0 Å². The minimum absolute atomic E-state index is 0.0320. The van der Waals surface area contributed by atoms with Crippen molar-refractivity contribution in [1.29, 1.82) is 0 Å². The third kappa shape index (κ3) is 13.1. The third-order valence-corrected chi connectivity index (χ3v) is 12.5. The van der Waals surface area contributed by atoms with Gasteiger partial charge in [0, 0.05) is 31.6 Å². The van der Waals surface area contributed by atoms with Crippen molar-refractivity contribution >= 4 is 11.8 Å². The molecule has 4 aromatic carbocycles. The molecule has 0 spiro atoms. The first-order chi connectivity index (χ1) is 33.3. The summed E-state index contributed by atoms with van der Waals surface area (Å²) in [5, 5.41) is 22.7. The van der Waals surface area contributed by atoms with Crippen molar-refractivity contribution in [2.75, 3.05) is 19.8 Å². The fraction of sp³-hybridized carbons (Fsp3) is 0.417. The summed E-state index contributed by atoms with van der Waals surface area (Å²) in [5.41, 5.74) is -8.09. The normalized spacial score (nSPS) is 20.7. The molecule has 0 aromatic heterocycles. The zero-order valence-electron chi connectivity index (χ0n) is 38.6. The van der Waals surface area contributed by atoms with Crippen molar-refractivity contribution in [3.8, 4) is 0 Å². The first-order valence-corrected chi connectivity index (χ1v) is 21.8. The summed E-state index contributed by atoms with van der Waals surface area (Å²) in [6.07, 6.45) is -21.2. The van der Waals surface area contributed by atoms with Crippen LogP contribution in [0.4, 0.5) is 52.7 Å². The zero-order chi connectivity index (χ0) is 53.8. The molecule has 0 radical (unpaired) electrons. The molecule has 1 fully saturated rings. The van der Waals surface area contributed by atoms with Crippen molar-refractivity contribution in [1.82, 2.24) is 9.80 Å². The van der Waals surface area contributed by atoms with Gasteiger partial charge in [-0.25, -0.2) is 0 Å². The summed E-state index contributed by atoms with van der Waals surface area (Å²) in [4.78, 5) is 49.2. The maximum Gasteiger partial charge on any atom is 0.416 e. The van der Waals surface area contributed by atoms with Gasteiger partial charge in [0.05, 0.1) is 76.4 Å². The van der Waals surface area contributed by atoms with Crippen LogP contribution in [0.5, 0.6) is 0 Å². The molecule has 12 nitrogen and oxygen atoms in total. The van der Waals surface area contributed by atoms with Gasteiger partial charge in [-0.05, 0) is 85.3 Å². The number of nitro groups is 2. The molecule has 24 heteroatoms. The predicted octanol–water partition coefficient (Wildman–Crippen LogP) is 12.4. The summed E-state index contributed by atoms with van der Waals surface area (Å²) in [7, 11) is 0. The fourth-order valence-corrected chi connectivity index (χ4v) is 8.63. The van der Waals surface area contributed by atoms with E-state index in [0.29, 0.717) is 35.4 Å². The van der Waals surface area contributed by atoms with Crippen molar-refractivity contribution < 1.29 is 81.6 Å². The Kier molecular flexibility index (Phi) is 16.9. The Morgan fingerprint density at radius 1 is 0.625 bits per heavy atom. The second kappa shape index (κ2) is 21.7. The lowest BCUT2D eigenvalue weighted by Gasteiger charge is -2.47. The van der Waals surface area contributed by atoms with Gasteiger partial charge >= 0.3 is 24.7 Å². The van der Waals surface area contributed by atoms with E-state index in [1.165, 1.54) is 32.6 Å². The largest absolute Gasteiger partial charge is 0.416 e. The lowest BCUT2D eigenvalue weighted by molar-refractivity contribution is -0.528. The number of carbonyl (C=O) groups is 2. The number of likely N-dealkylation sites (tertiary alicyclic amines) is 1. The fourth-order valence-electron chi connectivity index (χ4n) is 8.63. The standard InChI is InChI=1S/C24H24F6N2O4.C24H22F6N2O4/c2*1-15(17-10-19(23(25,26)27)12-20(11-17)24(28,29)30)36-14-22(18-6-4-3-5-7-18)9-8-21(32(34)35)13-31(22)16(2)33/h3-7,10-12,15,21H,8-9,13-14H2,1-2H3;3-7,10-13,15H,8-9,14H2,1-2H3/t15-,21?,22-;15-,22-/m11/s1. The van der Waals surface area contributed by atoms with E-state index in [9.17, 15) is 82.5 Å². The summed E-state index contributed by atoms with van der Waals surface area (Å²) in [5.74, 6) is -1.02. The van der Waals surface area contributed by atoms with Crippen LogP contribution in [0.15, 0.2) is 109 Å². The van der Waals surface area contributed by atoms with Gasteiger partial charge in [0.1, 0.15) is 0 Å². The van der Waals surface area contributed by atoms with Crippen LogP contribution in [-0.2, 0) is 54.8 Å². The highest BCUT2D eigenvalue weighted by Crippen LogP contribution is 2.44. The molecule has 2 aliphatic rings. The van der Waals surface area contributed by atoms with Gasteiger partial charge in [-0.3, -0.25) is 29.8 Å². The summed E-state index contributed by atoms with van der Waals surface area (Å²) in [6, 6.07) is 18.3. The number of hydrogen-bond acceptors (Lipinski definition) is 8. The number of halogens is 12. The van der Waals surface area contributed by atoms with Crippen LogP contribution in [0.3, 0.4) is 0 Å². The molecule has 2 aliphatic heterocycles. The number of carbonyl (C=O) groups excluding carboxylic acids is 2. The van der Waals surface area contributed by atoms with Gasteiger partial charge in [-0.2, -0.15) is 52.7 Å². The topological polar surface area (TPSA) is 145 Å². The average molecular weight is 1030 g/mol. The number of amides is 2. The summed E-state index contributed by atoms with van der Waals surface area (Å²) in [6.45, 7) is 4.21. The zero-order valence-corrected chi connectivity index (χ0v) is 38.6. The molecular weight excluding hydrogens is 989 g/mol. The van der Waals surface area contributed by atoms with Crippen LogP contribution in [-0.4, -0.2) is 57.3 Å². The molecule has 5 atom stereocenters. The molecule has 2 heterocycles. The number of allylic oxidation sites excluding steroid dienone is 1. The van der Waals surface area contributed by atoms with E-state index in [1.54, 1.807) is 60.7 Å². The summed E-state index contributed by atoms with van der Waals surface area (Å²) < 4.78 is 171. The van der Waals surface area contributed by atoms with Crippen molar-refractivity contribution in [2.45, 2.75) is 107 Å². The van der Waals surface area contributed by atoms with Crippen LogP contribution in [0.25, 0.3) is 0 Å².